The Morgan fingerprint density at radius 1 is 1.37 bits per heavy atom. The van der Waals surface area contributed by atoms with Gasteiger partial charge in [-0.1, -0.05) is 0 Å². The second-order valence-corrected chi connectivity index (χ2v) is 7.40. The topological polar surface area (TPSA) is 86.7 Å². The predicted octanol–water partition coefficient (Wildman–Crippen LogP) is 0.309. The van der Waals surface area contributed by atoms with Crippen LogP contribution in [-0.2, 0) is 21.2 Å². The minimum absolute atomic E-state index is 0.114. The lowest BCUT2D eigenvalue weighted by molar-refractivity contribution is -0.115. The fraction of sp³-hybridized carbons (Fsp3) is 0.364. The summed E-state index contributed by atoms with van der Waals surface area (Å²) in [6, 6.07) is 3.11. The van der Waals surface area contributed by atoms with Crippen LogP contribution in [0.4, 0.5) is 5.69 Å². The summed E-state index contributed by atoms with van der Waals surface area (Å²) in [5.74, 6) is -0.143. The summed E-state index contributed by atoms with van der Waals surface area (Å²) < 4.78 is 26.3. The van der Waals surface area contributed by atoms with E-state index in [4.69, 9.17) is 0 Å². The van der Waals surface area contributed by atoms with Crippen molar-refractivity contribution in [1.82, 2.24) is 4.31 Å². The van der Waals surface area contributed by atoms with Gasteiger partial charge in [-0.15, -0.1) is 0 Å². The van der Waals surface area contributed by atoms with Crippen LogP contribution in [-0.4, -0.2) is 42.9 Å². The van der Waals surface area contributed by atoms with Crippen LogP contribution < -0.4 is 5.32 Å². The molecule has 0 aromatic heterocycles. The number of rotatable bonds is 2. The first-order valence-electron chi connectivity index (χ1n) is 5.68. The molecule has 1 amide bonds. The summed E-state index contributed by atoms with van der Waals surface area (Å²) in [7, 11) is -3.62. The SMILES string of the molecule is O=C1Cc2cc(S(=O)(=O)N3CC(O)C3)c(Br)cc2N1. The number of fused-ring (bicyclic) bond motifs is 1. The zero-order valence-corrected chi connectivity index (χ0v) is 12.2. The van der Waals surface area contributed by atoms with Crippen LogP contribution in [0.2, 0.25) is 0 Å². The smallest absolute Gasteiger partial charge is 0.244 e. The monoisotopic (exact) mass is 346 g/mol. The molecule has 8 heteroatoms. The highest BCUT2D eigenvalue weighted by Gasteiger charge is 2.37. The maximum Gasteiger partial charge on any atom is 0.244 e. The standard InChI is InChI=1S/C11H11BrN2O4S/c12-8-3-9-6(2-11(16)13-9)1-10(8)19(17,18)14-4-7(15)5-14/h1,3,7,15H,2,4-5H2,(H,13,16). The first-order valence-corrected chi connectivity index (χ1v) is 7.92. The molecule has 0 aliphatic carbocycles. The molecule has 1 aromatic rings. The van der Waals surface area contributed by atoms with Crippen molar-refractivity contribution in [2.24, 2.45) is 0 Å². The zero-order valence-electron chi connectivity index (χ0n) is 9.76. The van der Waals surface area contributed by atoms with E-state index in [9.17, 15) is 18.3 Å². The van der Waals surface area contributed by atoms with Crippen LogP contribution in [0.5, 0.6) is 0 Å². The summed E-state index contributed by atoms with van der Waals surface area (Å²) in [6.07, 6.45) is -0.403. The first kappa shape index (κ1) is 13.0. The molecule has 0 saturated carbocycles. The number of hydrogen-bond acceptors (Lipinski definition) is 4. The average Bonchev–Trinajstić information content (AvgIpc) is 2.62. The fourth-order valence-electron chi connectivity index (χ4n) is 2.18. The summed E-state index contributed by atoms with van der Waals surface area (Å²) in [6.45, 7) is 0.228. The second kappa shape index (κ2) is 4.27. The molecule has 2 N–H and O–H groups in total. The number of benzene rings is 1. The maximum atomic E-state index is 12.3. The van der Waals surface area contributed by atoms with Crippen LogP contribution in [0.3, 0.4) is 0 Å². The van der Waals surface area contributed by atoms with E-state index in [1.165, 1.54) is 10.4 Å². The molecule has 0 radical (unpaired) electrons. The van der Waals surface area contributed by atoms with Gasteiger partial charge in [0.15, 0.2) is 0 Å². The molecule has 2 heterocycles. The molecule has 19 heavy (non-hydrogen) atoms. The molecule has 2 aliphatic heterocycles. The zero-order chi connectivity index (χ0) is 13.8. The highest BCUT2D eigenvalue weighted by atomic mass is 79.9. The van der Waals surface area contributed by atoms with Gasteiger partial charge < -0.3 is 10.4 Å². The van der Waals surface area contributed by atoms with E-state index in [0.29, 0.717) is 15.7 Å². The number of hydrogen-bond donors (Lipinski definition) is 2. The Bertz CT molecular complexity index is 668. The lowest BCUT2D eigenvalue weighted by atomic mass is 10.2. The average molecular weight is 347 g/mol. The number of sulfonamides is 1. The van der Waals surface area contributed by atoms with Crippen molar-refractivity contribution in [3.63, 3.8) is 0 Å². The molecule has 0 unspecified atom stereocenters. The van der Waals surface area contributed by atoms with Gasteiger partial charge in [0.1, 0.15) is 0 Å². The molecule has 1 fully saturated rings. The molecule has 3 rings (SSSR count). The first-order chi connectivity index (χ1) is 8.88. The Labute approximate surface area is 118 Å². The van der Waals surface area contributed by atoms with Crippen molar-refractivity contribution in [2.45, 2.75) is 17.4 Å². The third-order valence-corrected chi connectivity index (χ3v) is 6.02. The van der Waals surface area contributed by atoms with Crippen LogP contribution in [0.15, 0.2) is 21.5 Å². The predicted molar refractivity (Wildman–Crippen MR) is 71.2 cm³/mol. The van der Waals surface area contributed by atoms with Crippen molar-refractivity contribution in [3.05, 3.63) is 22.2 Å². The molecule has 102 valence electrons. The van der Waals surface area contributed by atoms with Gasteiger partial charge in [0, 0.05) is 23.2 Å². The number of nitrogens with one attached hydrogen (secondary N) is 1. The van der Waals surface area contributed by atoms with Crippen molar-refractivity contribution in [2.75, 3.05) is 18.4 Å². The van der Waals surface area contributed by atoms with E-state index in [2.05, 4.69) is 21.2 Å². The Morgan fingerprint density at radius 3 is 2.68 bits per heavy atom. The van der Waals surface area contributed by atoms with Gasteiger partial charge in [-0.25, -0.2) is 8.42 Å². The van der Waals surface area contributed by atoms with Gasteiger partial charge in [-0.2, -0.15) is 4.31 Å². The van der Waals surface area contributed by atoms with E-state index in [-0.39, 0.29) is 30.3 Å². The molecular formula is C11H11BrN2O4S. The highest BCUT2D eigenvalue weighted by molar-refractivity contribution is 9.10. The van der Waals surface area contributed by atoms with Crippen LogP contribution in [0.1, 0.15) is 5.56 Å². The molecule has 1 saturated heterocycles. The minimum atomic E-state index is -3.62. The van der Waals surface area contributed by atoms with Crippen molar-refractivity contribution in [3.8, 4) is 0 Å². The normalized spacial score (nSPS) is 20.0. The molecule has 0 spiro atoms. The largest absolute Gasteiger partial charge is 0.390 e. The van der Waals surface area contributed by atoms with Gasteiger partial charge in [-0.3, -0.25) is 4.79 Å². The van der Waals surface area contributed by atoms with Gasteiger partial charge in [-0.05, 0) is 33.6 Å². The third-order valence-electron chi connectivity index (χ3n) is 3.23. The Balaban J connectivity index is 2.02. The molecule has 0 bridgehead atoms. The van der Waals surface area contributed by atoms with Crippen molar-refractivity contribution in [1.29, 1.82) is 0 Å². The number of aliphatic hydroxyl groups is 1. The number of aliphatic hydroxyl groups excluding tert-OH is 1. The van der Waals surface area contributed by atoms with Gasteiger partial charge in [0.2, 0.25) is 15.9 Å². The summed E-state index contributed by atoms with van der Waals surface area (Å²) in [5, 5.41) is 11.9. The van der Waals surface area contributed by atoms with E-state index in [1.54, 1.807) is 6.07 Å². The Morgan fingerprint density at radius 2 is 2.05 bits per heavy atom. The number of halogens is 1. The quantitative estimate of drug-likeness (QED) is 0.806. The molecule has 0 atom stereocenters. The number of amides is 1. The van der Waals surface area contributed by atoms with Crippen LogP contribution >= 0.6 is 15.9 Å². The second-order valence-electron chi connectivity index (χ2n) is 4.64. The minimum Gasteiger partial charge on any atom is -0.390 e. The summed E-state index contributed by atoms with van der Waals surface area (Å²) in [4.78, 5) is 11.4. The molecule has 6 nitrogen and oxygen atoms in total. The number of β-amino-alcohol motifs (C(OH)–C–C–N with tert-alkyl or cyclic N) is 1. The maximum absolute atomic E-state index is 12.3. The summed E-state index contributed by atoms with van der Waals surface area (Å²) >= 11 is 3.22. The van der Waals surface area contributed by atoms with Gasteiger partial charge in [0.05, 0.1) is 17.4 Å². The molecule has 2 aliphatic rings. The van der Waals surface area contributed by atoms with E-state index < -0.39 is 16.1 Å². The lowest BCUT2D eigenvalue weighted by Gasteiger charge is -2.34. The molecular weight excluding hydrogens is 336 g/mol. The Hall–Kier alpha value is -0.960. The van der Waals surface area contributed by atoms with Crippen molar-refractivity contribution >= 4 is 37.5 Å². The Kier molecular flexibility index (Phi) is 2.93. The number of carbonyl (C=O) groups is 1. The summed E-state index contributed by atoms with van der Waals surface area (Å²) in [5.41, 5.74) is 1.31. The van der Waals surface area contributed by atoms with Crippen molar-refractivity contribution < 1.29 is 18.3 Å². The highest BCUT2D eigenvalue weighted by Crippen LogP contribution is 2.34. The van der Waals surface area contributed by atoms with Crippen LogP contribution in [0.25, 0.3) is 0 Å². The van der Waals surface area contributed by atoms with E-state index >= 15 is 0 Å². The molecule has 1 aromatic carbocycles. The number of nitrogens with zero attached hydrogens (tertiary/aromatic N) is 1. The van der Waals surface area contributed by atoms with Crippen LogP contribution in [0, 0.1) is 0 Å². The number of carbonyl (C=O) groups excluding carboxylic acids is 1. The van der Waals surface area contributed by atoms with E-state index in [1.807, 2.05) is 0 Å². The fourth-order valence-corrected chi connectivity index (χ4v) is 4.74. The van der Waals surface area contributed by atoms with Gasteiger partial charge >= 0.3 is 0 Å². The number of anilines is 1. The van der Waals surface area contributed by atoms with E-state index in [0.717, 1.165) is 0 Å². The third kappa shape index (κ3) is 2.08. The lowest BCUT2D eigenvalue weighted by Crippen LogP contribution is -2.53. The van der Waals surface area contributed by atoms with Gasteiger partial charge in [0.25, 0.3) is 0 Å².